The fraction of sp³-hybridized carbons (Fsp3) is 0.429. The summed E-state index contributed by atoms with van der Waals surface area (Å²) in [4.78, 5) is 39.9. The number of hydrogen-bond donors (Lipinski definition) is 0. The summed E-state index contributed by atoms with van der Waals surface area (Å²) >= 11 is 0. The molecule has 1 fully saturated rings. The highest BCUT2D eigenvalue weighted by Gasteiger charge is 2.29. The van der Waals surface area contributed by atoms with E-state index in [-0.39, 0.29) is 30.2 Å². The van der Waals surface area contributed by atoms with Crippen LogP contribution in [-0.4, -0.2) is 61.2 Å². The van der Waals surface area contributed by atoms with Crippen molar-refractivity contribution in [2.75, 3.05) is 19.7 Å². The second-order valence-corrected chi connectivity index (χ2v) is 7.50. The SMILES string of the molecule is CCOC(=O)C1CCN(C(=O)Cn2nc(-c3nn(-c4ccccc4)nc3C)oc2=O)CC1. The molecule has 1 saturated heterocycles. The third kappa shape index (κ3) is 4.46. The van der Waals surface area contributed by atoms with Gasteiger partial charge in [0.15, 0.2) is 5.69 Å². The normalized spacial score (nSPS) is 14.5. The number of esters is 1. The van der Waals surface area contributed by atoms with Gasteiger partial charge in [0, 0.05) is 13.1 Å². The molecule has 0 bridgehead atoms. The van der Waals surface area contributed by atoms with Crippen LogP contribution in [0.15, 0.2) is 39.5 Å². The number of ether oxygens (including phenoxy) is 1. The van der Waals surface area contributed by atoms with E-state index in [0.29, 0.717) is 43.9 Å². The van der Waals surface area contributed by atoms with Gasteiger partial charge in [0.1, 0.15) is 6.54 Å². The highest BCUT2D eigenvalue weighted by atomic mass is 16.5. The Morgan fingerprint density at radius 1 is 1.12 bits per heavy atom. The van der Waals surface area contributed by atoms with Gasteiger partial charge >= 0.3 is 11.7 Å². The molecule has 2 aromatic heterocycles. The van der Waals surface area contributed by atoms with Crippen LogP contribution in [0.4, 0.5) is 0 Å². The highest BCUT2D eigenvalue weighted by molar-refractivity contribution is 5.77. The molecule has 11 heteroatoms. The molecule has 3 heterocycles. The van der Waals surface area contributed by atoms with Crippen molar-refractivity contribution in [3.63, 3.8) is 0 Å². The molecule has 168 valence electrons. The monoisotopic (exact) mass is 440 g/mol. The summed E-state index contributed by atoms with van der Waals surface area (Å²) in [5.74, 6) is -1.43. The first-order valence-electron chi connectivity index (χ1n) is 10.5. The lowest BCUT2D eigenvalue weighted by Crippen LogP contribution is -2.43. The van der Waals surface area contributed by atoms with Gasteiger partial charge in [0.25, 0.3) is 5.89 Å². The van der Waals surface area contributed by atoms with E-state index in [1.807, 2.05) is 30.3 Å². The molecule has 0 aliphatic carbocycles. The Morgan fingerprint density at radius 3 is 2.53 bits per heavy atom. The van der Waals surface area contributed by atoms with Crippen LogP contribution in [0.25, 0.3) is 17.3 Å². The summed E-state index contributed by atoms with van der Waals surface area (Å²) in [5.41, 5.74) is 1.62. The third-order valence-corrected chi connectivity index (χ3v) is 5.33. The molecule has 0 N–H and O–H groups in total. The van der Waals surface area contributed by atoms with Crippen LogP contribution in [0, 0.1) is 12.8 Å². The van der Waals surface area contributed by atoms with Crippen molar-refractivity contribution in [2.45, 2.75) is 33.2 Å². The summed E-state index contributed by atoms with van der Waals surface area (Å²) < 4.78 is 11.3. The molecular formula is C21H24N6O5. The maximum atomic E-state index is 12.7. The second kappa shape index (κ2) is 9.16. The predicted octanol–water partition coefficient (Wildman–Crippen LogP) is 1.19. The Bertz CT molecular complexity index is 1160. The van der Waals surface area contributed by atoms with Gasteiger partial charge in [0.05, 0.1) is 23.9 Å². The molecule has 0 atom stereocenters. The minimum absolute atomic E-state index is 0.00324. The minimum Gasteiger partial charge on any atom is -0.466 e. The van der Waals surface area contributed by atoms with Gasteiger partial charge in [-0.25, -0.2) is 4.79 Å². The lowest BCUT2D eigenvalue weighted by atomic mass is 9.97. The number of amides is 1. The Hall–Kier alpha value is -3.76. The lowest BCUT2D eigenvalue weighted by molar-refractivity contribution is -0.151. The lowest BCUT2D eigenvalue weighted by Gasteiger charge is -2.30. The number of aromatic nitrogens is 5. The van der Waals surface area contributed by atoms with E-state index in [9.17, 15) is 14.4 Å². The van der Waals surface area contributed by atoms with E-state index in [1.54, 1.807) is 18.7 Å². The number of nitrogens with zero attached hydrogens (tertiary/aromatic N) is 6. The Labute approximate surface area is 183 Å². The molecule has 1 aromatic carbocycles. The fourth-order valence-corrected chi connectivity index (χ4v) is 3.61. The summed E-state index contributed by atoms with van der Waals surface area (Å²) in [6, 6.07) is 9.31. The van der Waals surface area contributed by atoms with Crippen LogP contribution >= 0.6 is 0 Å². The fourth-order valence-electron chi connectivity index (χ4n) is 3.61. The number of likely N-dealkylation sites (tertiary alicyclic amines) is 1. The Morgan fingerprint density at radius 2 is 1.84 bits per heavy atom. The number of carbonyl (C=O) groups is 2. The Balaban J connectivity index is 1.44. The van der Waals surface area contributed by atoms with Crippen molar-refractivity contribution >= 4 is 11.9 Å². The number of benzene rings is 1. The first-order valence-corrected chi connectivity index (χ1v) is 10.5. The van der Waals surface area contributed by atoms with E-state index in [2.05, 4.69) is 15.3 Å². The van der Waals surface area contributed by atoms with Crippen LogP contribution in [0.1, 0.15) is 25.5 Å². The van der Waals surface area contributed by atoms with E-state index < -0.39 is 5.76 Å². The van der Waals surface area contributed by atoms with Gasteiger partial charge in [-0.15, -0.1) is 10.2 Å². The first-order chi connectivity index (χ1) is 15.5. The Kier molecular flexibility index (Phi) is 6.15. The van der Waals surface area contributed by atoms with Gasteiger partial charge in [-0.3, -0.25) is 9.59 Å². The average Bonchev–Trinajstić information content (AvgIpc) is 3.37. The van der Waals surface area contributed by atoms with Crippen molar-refractivity contribution in [1.82, 2.24) is 29.7 Å². The number of rotatable bonds is 6. The van der Waals surface area contributed by atoms with Crippen molar-refractivity contribution in [3.8, 4) is 17.3 Å². The molecule has 1 aliphatic rings. The number of hydrogen-bond acceptors (Lipinski definition) is 8. The number of aryl methyl sites for hydroxylation is 1. The predicted molar refractivity (Wildman–Crippen MR) is 112 cm³/mol. The third-order valence-electron chi connectivity index (χ3n) is 5.33. The number of para-hydroxylation sites is 1. The molecule has 4 rings (SSSR count). The number of piperidine rings is 1. The first kappa shape index (κ1) is 21.5. The maximum Gasteiger partial charge on any atom is 0.437 e. The minimum atomic E-state index is -0.747. The summed E-state index contributed by atoms with van der Waals surface area (Å²) in [5, 5.41) is 12.9. The van der Waals surface area contributed by atoms with Crippen LogP contribution in [0.3, 0.4) is 0 Å². The molecule has 0 unspecified atom stereocenters. The standard InChI is InChI=1S/C21H24N6O5/c1-3-31-20(29)15-9-11-25(12-10-15)17(28)13-26-21(30)32-19(24-26)18-14(2)22-27(23-18)16-7-5-4-6-8-16/h4-8,15H,3,9-13H2,1-2H3. The maximum absolute atomic E-state index is 12.7. The topological polar surface area (TPSA) is 125 Å². The van der Waals surface area contributed by atoms with Gasteiger partial charge in [-0.1, -0.05) is 18.2 Å². The second-order valence-electron chi connectivity index (χ2n) is 7.50. The van der Waals surface area contributed by atoms with Crippen LogP contribution in [-0.2, 0) is 20.9 Å². The van der Waals surface area contributed by atoms with Crippen LogP contribution < -0.4 is 5.76 Å². The summed E-state index contributed by atoms with van der Waals surface area (Å²) in [7, 11) is 0. The van der Waals surface area contributed by atoms with Gasteiger partial charge in [-0.05, 0) is 38.8 Å². The van der Waals surface area contributed by atoms with Crippen molar-refractivity contribution in [2.24, 2.45) is 5.92 Å². The molecule has 1 amide bonds. The molecule has 1 aliphatic heterocycles. The van der Waals surface area contributed by atoms with E-state index in [4.69, 9.17) is 9.15 Å². The van der Waals surface area contributed by atoms with Crippen LogP contribution in [0.2, 0.25) is 0 Å². The zero-order valence-electron chi connectivity index (χ0n) is 17.9. The molecule has 0 spiro atoms. The average molecular weight is 440 g/mol. The quantitative estimate of drug-likeness (QED) is 0.524. The van der Waals surface area contributed by atoms with Crippen molar-refractivity contribution in [3.05, 3.63) is 46.6 Å². The smallest absolute Gasteiger partial charge is 0.437 e. The zero-order chi connectivity index (χ0) is 22.7. The molecule has 32 heavy (non-hydrogen) atoms. The van der Waals surface area contributed by atoms with Crippen LogP contribution in [0.5, 0.6) is 0 Å². The van der Waals surface area contributed by atoms with Gasteiger partial charge in [0.2, 0.25) is 5.91 Å². The zero-order valence-corrected chi connectivity index (χ0v) is 17.9. The molecule has 11 nitrogen and oxygen atoms in total. The van der Waals surface area contributed by atoms with E-state index in [1.165, 1.54) is 4.80 Å². The summed E-state index contributed by atoms with van der Waals surface area (Å²) in [6.07, 6.45) is 1.07. The molecule has 0 radical (unpaired) electrons. The number of carbonyl (C=O) groups excluding carboxylic acids is 2. The van der Waals surface area contributed by atoms with E-state index >= 15 is 0 Å². The highest BCUT2D eigenvalue weighted by Crippen LogP contribution is 2.20. The van der Waals surface area contributed by atoms with Crippen molar-refractivity contribution in [1.29, 1.82) is 0 Å². The van der Waals surface area contributed by atoms with Crippen molar-refractivity contribution < 1.29 is 18.7 Å². The molecule has 0 saturated carbocycles. The molecular weight excluding hydrogens is 416 g/mol. The van der Waals surface area contributed by atoms with Gasteiger partial charge in [-0.2, -0.15) is 14.6 Å². The van der Waals surface area contributed by atoms with Gasteiger partial charge < -0.3 is 14.1 Å². The largest absolute Gasteiger partial charge is 0.466 e. The molecule has 3 aromatic rings. The summed E-state index contributed by atoms with van der Waals surface area (Å²) in [6.45, 7) is 4.44. The van der Waals surface area contributed by atoms with E-state index in [0.717, 1.165) is 10.4 Å².